The van der Waals surface area contributed by atoms with Crippen LogP contribution in [0, 0.1) is 0 Å². The van der Waals surface area contributed by atoms with E-state index in [1.165, 1.54) is 6.07 Å². The molecule has 0 saturated carbocycles. The monoisotopic (exact) mass is 441 g/mol. The van der Waals surface area contributed by atoms with Crippen LogP contribution in [-0.2, 0) is 14.3 Å². The summed E-state index contributed by atoms with van der Waals surface area (Å²) in [6, 6.07) is 5.70. The molecule has 0 spiro atoms. The Labute approximate surface area is 179 Å². The van der Waals surface area contributed by atoms with Crippen LogP contribution in [0.25, 0.3) is 0 Å². The van der Waals surface area contributed by atoms with E-state index >= 15 is 0 Å². The molecule has 0 unspecified atom stereocenters. The second-order valence-electron chi connectivity index (χ2n) is 6.85. The van der Waals surface area contributed by atoms with Crippen molar-refractivity contribution in [1.29, 1.82) is 0 Å². The minimum absolute atomic E-state index is 0.00165. The van der Waals surface area contributed by atoms with E-state index in [1.54, 1.807) is 42.0 Å². The Hall–Kier alpha value is -2.30. The first-order valence-electron chi connectivity index (χ1n) is 9.62. The van der Waals surface area contributed by atoms with Crippen molar-refractivity contribution in [3.05, 3.63) is 41.1 Å². The van der Waals surface area contributed by atoms with Gasteiger partial charge >= 0.3 is 6.61 Å². The molecule has 1 fully saturated rings. The van der Waals surface area contributed by atoms with Crippen LogP contribution in [0.15, 0.2) is 35.5 Å². The average molecular weight is 442 g/mol. The predicted molar refractivity (Wildman–Crippen MR) is 110 cm³/mol. The Kier molecular flexibility index (Phi) is 7.57. The normalized spacial score (nSPS) is 19.9. The summed E-state index contributed by atoms with van der Waals surface area (Å²) in [5.74, 6) is -0.191. The molecule has 2 aliphatic rings. The molecule has 1 aromatic carbocycles. The number of nitrogens with zero attached hydrogens (tertiary/aromatic N) is 2. The average Bonchev–Trinajstić information content (AvgIpc) is 2.73. The molecule has 0 aliphatic carbocycles. The molecule has 164 valence electrons. The Bertz CT molecular complexity index is 815. The van der Waals surface area contributed by atoms with Crippen molar-refractivity contribution < 1.29 is 27.8 Å². The number of nitrogens with one attached hydrogen (secondary N) is 1. The van der Waals surface area contributed by atoms with Crippen LogP contribution in [0.4, 0.5) is 8.78 Å². The Morgan fingerprint density at radius 2 is 2.03 bits per heavy atom. The highest BCUT2D eigenvalue weighted by atomic mass is 32.1. The first-order valence-corrected chi connectivity index (χ1v) is 10.0. The first-order chi connectivity index (χ1) is 14.4. The van der Waals surface area contributed by atoms with Gasteiger partial charge < -0.3 is 29.3 Å². The number of thiocarbonyl (C=S) groups is 1. The molecule has 3 rings (SSSR count). The second-order valence-corrected chi connectivity index (χ2v) is 7.23. The number of halogens is 2. The van der Waals surface area contributed by atoms with Crippen LogP contribution < -0.4 is 10.1 Å². The van der Waals surface area contributed by atoms with Gasteiger partial charge in [-0.2, -0.15) is 8.78 Å². The van der Waals surface area contributed by atoms with E-state index in [4.69, 9.17) is 26.4 Å². The van der Waals surface area contributed by atoms with Gasteiger partial charge in [0.05, 0.1) is 31.4 Å². The van der Waals surface area contributed by atoms with Crippen LogP contribution in [-0.4, -0.2) is 74.0 Å². The molecule has 30 heavy (non-hydrogen) atoms. The molecule has 1 atom stereocenters. The van der Waals surface area contributed by atoms with E-state index in [2.05, 4.69) is 5.32 Å². The smallest absolute Gasteiger partial charge is 0.387 e. The lowest BCUT2D eigenvalue weighted by Gasteiger charge is -2.40. The van der Waals surface area contributed by atoms with Crippen molar-refractivity contribution >= 4 is 23.2 Å². The zero-order chi connectivity index (χ0) is 21.7. The number of para-hydroxylation sites is 1. The quantitative estimate of drug-likeness (QED) is 0.652. The maximum Gasteiger partial charge on any atom is 0.387 e. The molecule has 1 saturated heterocycles. The van der Waals surface area contributed by atoms with Crippen molar-refractivity contribution in [3.8, 4) is 5.75 Å². The van der Waals surface area contributed by atoms with Crippen LogP contribution in [0.1, 0.15) is 18.5 Å². The molecule has 1 N–H and O–H groups in total. The highest BCUT2D eigenvalue weighted by molar-refractivity contribution is 7.80. The van der Waals surface area contributed by atoms with Gasteiger partial charge in [-0.25, -0.2) is 0 Å². The second kappa shape index (κ2) is 10.1. The van der Waals surface area contributed by atoms with E-state index in [9.17, 15) is 13.6 Å². The minimum atomic E-state index is -2.98. The number of carbonyl (C=O) groups excluding carboxylic acids is 1. The van der Waals surface area contributed by atoms with Crippen molar-refractivity contribution in [1.82, 2.24) is 15.1 Å². The van der Waals surface area contributed by atoms with Crippen LogP contribution in [0.2, 0.25) is 0 Å². The summed E-state index contributed by atoms with van der Waals surface area (Å²) in [5, 5.41) is 3.53. The zero-order valence-corrected chi connectivity index (χ0v) is 17.7. The molecule has 7 nitrogen and oxygen atoms in total. The number of rotatable bonds is 7. The lowest BCUT2D eigenvalue weighted by Crippen LogP contribution is -2.51. The van der Waals surface area contributed by atoms with Gasteiger partial charge in [0.15, 0.2) is 5.11 Å². The fourth-order valence-corrected chi connectivity index (χ4v) is 3.95. The number of allylic oxidation sites excluding steroid dienone is 1. The number of alkyl halides is 2. The zero-order valence-electron chi connectivity index (χ0n) is 16.9. The molecule has 2 heterocycles. The fourth-order valence-electron chi connectivity index (χ4n) is 3.60. The molecule has 0 aromatic heterocycles. The molecule has 1 amide bonds. The summed E-state index contributed by atoms with van der Waals surface area (Å²) in [6.07, 6.45) is 0. The number of benzene rings is 1. The highest BCUT2D eigenvalue weighted by Gasteiger charge is 2.37. The summed E-state index contributed by atoms with van der Waals surface area (Å²) in [5.41, 5.74) is 1.51. The molecule has 10 heteroatoms. The molecule has 0 bridgehead atoms. The van der Waals surface area contributed by atoms with Gasteiger partial charge in [-0.3, -0.25) is 4.79 Å². The van der Waals surface area contributed by atoms with E-state index in [0.29, 0.717) is 61.4 Å². The third kappa shape index (κ3) is 4.88. The van der Waals surface area contributed by atoms with Gasteiger partial charge in [-0.1, -0.05) is 18.2 Å². The van der Waals surface area contributed by atoms with Crippen LogP contribution in [0.5, 0.6) is 5.75 Å². The predicted octanol–water partition coefficient (Wildman–Crippen LogP) is 2.30. The number of morpholine rings is 1. The third-order valence-electron chi connectivity index (χ3n) is 5.09. The maximum atomic E-state index is 13.5. The van der Waals surface area contributed by atoms with Crippen molar-refractivity contribution in [3.63, 3.8) is 0 Å². The largest absolute Gasteiger partial charge is 0.434 e. The highest BCUT2D eigenvalue weighted by Crippen LogP contribution is 2.36. The van der Waals surface area contributed by atoms with E-state index < -0.39 is 12.7 Å². The minimum Gasteiger partial charge on any atom is -0.434 e. The van der Waals surface area contributed by atoms with Crippen LogP contribution >= 0.6 is 12.2 Å². The van der Waals surface area contributed by atoms with Gasteiger partial charge in [0.1, 0.15) is 5.75 Å². The summed E-state index contributed by atoms with van der Waals surface area (Å²) in [6.45, 7) is 1.51. The van der Waals surface area contributed by atoms with Crippen molar-refractivity contribution in [2.24, 2.45) is 0 Å². The first kappa shape index (κ1) is 22.4. The third-order valence-corrected chi connectivity index (χ3v) is 5.43. The Morgan fingerprint density at radius 1 is 1.33 bits per heavy atom. The summed E-state index contributed by atoms with van der Waals surface area (Å²) in [4.78, 5) is 17.0. The van der Waals surface area contributed by atoms with E-state index in [-0.39, 0.29) is 11.7 Å². The summed E-state index contributed by atoms with van der Waals surface area (Å²) >= 11 is 5.51. The molecule has 1 aromatic rings. The van der Waals surface area contributed by atoms with Crippen molar-refractivity contribution in [2.75, 3.05) is 46.6 Å². The number of hydrogen-bond donors (Lipinski definition) is 1. The van der Waals surface area contributed by atoms with Crippen LogP contribution in [0.3, 0.4) is 0 Å². The van der Waals surface area contributed by atoms with Gasteiger partial charge in [0.25, 0.3) is 5.91 Å². The molecular formula is C20H25F2N3O4S. The number of hydrogen-bond acceptors (Lipinski definition) is 5. The standard InChI is InChI=1S/C20H25F2N3O4S/c1-13-16(18(26)24-7-11-28-12-8-24)17(23-20(30)25(13)9-10-27-2)14-5-3-4-6-15(14)29-19(21)22/h3-6,17,19H,7-12H2,1-2H3,(H,23,30)/t17-/m1/s1. The molecular weight excluding hydrogens is 416 g/mol. The SMILES string of the molecule is COCCN1C(=S)N[C@H](c2ccccc2OC(F)F)C(C(=O)N2CCOCC2)=C1C. The maximum absolute atomic E-state index is 13.5. The number of amides is 1. The van der Waals surface area contributed by atoms with Crippen molar-refractivity contribution in [2.45, 2.75) is 19.6 Å². The summed E-state index contributed by atoms with van der Waals surface area (Å²) < 4.78 is 41.2. The lowest BCUT2D eigenvalue weighted by molar-refractivity contribution is -0.131. The number of carbonyl (C=O) groups is 1. The van der Waals surface area contributed by atoms with E-state index in [1.807, 2.05) is 0 Å². The van der Waals surface area contributed by atoms with Gasteiger partial charge in [-0.05, 0) is 25.2 Å². The molecule has 0 radical (unpaired) electrons. The number of methoxy groups -OCH3 is 1. The topological polar surface area (TPSA) is 63.3 Å². The molecule has 2 aliphatic heterocycles. The fraction of sp³-hybridized carbons (Fsp3) is 0.500. The summed E-state index contributed by atoms with van der Waals surface area (Å²) in [7, 11) is 1.58. The number of ether oxygens (including phenoxy) is 3. The lowest BCUT2D eigenvalue weighted by atomic mass is 9.93. The van der Waals surface area contributed by atoms with E-state index in [0.717, 1.165) is 0 Å². The Morgan fingerprint density at radius 3 is 2.70 bits per heavy atom. The van der Waals surface area contributed by atoms with Gasteiger partial charge in [0.2, 0.25) is 0 Å². The van der Waals surface area contributed by atoms with Gasteiger partial charge in [0, 0.05) is 38.0 Å². The van der Waals surface area contributed by atoms with Gasteiger partial charge in [-0.15, -0.1) is 0 Å². The Balaban J connectivity index is 2.05.